The summed E-state index contributed by atoms with van der Waals surface area (Å²) in [5, 5.41) is 3.57. The fourth-order valence-corrected chi connectivity index (χ4v) is 2.05. The largest absolute Gasteiger partial charge is 0.366 e. The number of nitrogens with one attached hydrogen (secondary N) is 1. The molecule has 2 aromatic rings. The molecule has 0 spiro atoms. The number of amides is 2. The van der Waals surface area contributed by atoms with Crippen LogP contribution in [0, 0.1) is 0 Å². The van der Waals surface area contributed by atoms with Gasteiger partial charge in [0, 0.05) is 16.1 Å². The number of nitrogens with two attached hydrogens (primary N) is 1. The van der Waals surface area contributed by atoms with Gasteiger partial charge < -0.3 is 11.1 Å². The highest BCUT2D eigenvalue weighted by Crippen LogP contribution is 2.20. The minimum Gasteiger partial charge on any atom is -0.366 e. The van der Waals surface area contributed by atoms with Gasteiger partial charge in [0.1, 0.15) is 0 Å². The number of anilines is 1. The average molecular weight is 335 g/mol. The monoisotopic (exact) mass is 334 g/mol. The van der Waals surface area contributed by atoms with Gasteiger partial charge in [0.05, 0.1) is 11.3 Å². The maximum atomic E-state index is 11.9. The smallest absolute Gasteiger partial charge is 0.250 e. The Labute approximate surface area is 137 Å². The van der Waals surface area contributed by atoms with Crippen molar-refractivity contribution in [2.75, 3.05) is 5.32 Å². The molecule has 0 unspecified atom stereocenters. The Kier molecular flexibility index (Phi) is 5.20. The number of halogens is 2. The number of carbonyl (C=O) groups excluding carboxylic acids is 2. The van der Waals surface area contributed by atoms with E-state index in [-0.39, 0.29) is 11.5 Å². The van der Waals surface area contributed by atoms with Crippen LogP contribution >= 0.6 is 23.2 Å². The van der Waals surface area contributed by atoms with Gasteiger partial charge in [-0.15, -0.1) is 0 Å². The van der Waals surface area contributed by atoms with E-state index in [0.717, 1.165) is 5.56 Å². The van der Waals surface area contributed by atoms with Crippen molar-refractivity contribution in [1.82, 2.24) is 0 Å². The lowest BCUT2D eigenvalue weighted by molar-refractivity contribution is -0.111. The predicted molar refractivity (Wildman–Crippen MR) is 89.1 cm³/mol. The van der Waals surface area contributed by atoms with Crippen molar-refractivity contribution < 1.29 is 9.59 Å². The second-order valence-electron chi connectivity index (χ2n) is 4.43. The van der Waals surface area contributed by atoms with Crippen molar-refractivity contribution in [3.8, 4) is 0 Å². The fraction of sp³-hybridized carbons (Fsp3) is 0. The molecule has 0 aliphatic rings. The zero-order valence-electron chi connectivity index (χ0n) is 11.3. The lowest BCUT2D eigenvalue weighted by Crippen LogP contribution is -2.16. The quantitative estimate of drug-likeness (QED) is 0.836. The SMILES string of the molecule is NC(=O)c1cc(Cl)ccc1NC(=O)/C=C/c1ccc(Cl)cc1. The molecule has 2 amide bonds. The van der Waals surface area contributed by atoms with Gasteiger partial charge >= 0.3 is 0 Å². The van der Waals surface area contributed by atoms with Crippen molar-refractivity contribution in [3.05, 3.63) is 69.7 Å². The Morgan fingerprint density at radius 3 is 2.27 bits per heavy atom. The molecule has 0 aliphatic carbocycles. The first-order chi connectivity index (χ1) is 10.5. The lowest BCUT2D eigenvalue weighted by Gasteiger charge is -2.07. The summed E-state index contributed by atoms with van der Waals surface area (Å²) in [5.74, 6) is -1.06. The van der Waals surface area contributed by atoms with Crippen LogP contribution < -0.4 is 11.1 Å². The van der Waals surface area contributed by atoms with Gasteiger partial charge in [0.2, 0.25) is 5.91 Å². The zero-order chi connectivity index (χ0) is 16.1. The molecule has 3 N–H and O–H groups in total. The van der Waals surface area contributed by atoms with Crippen molar-refractivity contribution >= 4 is 46.8 Å². The van der Waals surface area contributed by atoms with E-state index in [4.69, 9.17) is 28.9 Å². The molecule has 2 rings (SSSR count). The maximum absolute atomic E-state index is 11.9. The van der Waals surface area contributed by atoms with Crippen LogP contribution in [0.25, 0.3) is 6.08 Å². The molecule has 0 aromatic heterocycles. The molecule has 0 bridgehead atoms. The van der Waals surface area contributed by atoms with E-state index in [1.807, 2.05) is 0 Å². The van der Waals surface area contributed by atoms with Crippen molar-refractivity contribution in [1.29, 1.82) is 0 Å². The third-order valence-corrected chi connectivity index (χ3v) is 3.29. The number of benzene rings is 2. The van der Waals surface area contributed by atoms with E-state index in [1.165, 1.54) is 18.2 Å². The summed E-state index contributed by atoms with van der Waals surface area (Å²) >= 11 is 11.6. The molecule has 0 fully saturated rings. The van der Waals surface area contributed by atoms with Crippen LogP contribution in [0.3, 0.4) is 0 Å². The molecule has 0 atom stereocenters. The molecule has 0 heterocycles. The van der Waals surface area contributed by atoms with Crippen LogP contribution in [-0.4, -0.2) is 11.8 Å². The van der Waals surface area contributed by atoms with Crippen molar-refractivity contribution in [2.24, 2.45) is 5.73 Å². The first-order valence-corrected chi connectivity index (χ1v) is 7.05. The number of hydrogen-bond donors (Lipinski definition) is 2. The summed E-state index contributed by atoms with van der Waals surface area (Å²) in [6.45, 7) is 0. The third-order valence-electron chi connectivity index (χ3n) is 2.80. The van der Waals surface area contributed by atoms with E-state index in [0.29, 0.717) is 15.7 Å². The molecular weight excluding hydrogens is 323 g/mol. The Morgan fingerprint density at radius 1 is 1.00 bits per heavy atom. The van der Waals surface area contributed by atoms with Gasteiger partial charge in [-0.1, -0.05) is 35.3 Å². The summed E-state index contributed by atoms with van der Waals surface area (Å²) in [4.78, 5) is 23.3. The van der Waals surface area contributed by atoms with Crippen LogP contribution in [0.15, 0.2) is 48.5 Å². The Bertz CT molecular complexity index is 740. The number of primary amides is 1. The van der Waals surface area contributed by atoms with E-state index < -0.39 is 5.91 Å². The summed E-state index contributed by atoms with van der Waals surface area (Å²) in [6, 6.07) is 11.5. The molecular formula is C16H12Cl2N2O2. The summed E-state index contributed by atoms with van der Waals surface area (Å²) < 4.78 is 0. The van der Waals surface area contributed by atoms with Gasteiger partial charge in [0.25, 0.3) is 5.91 Å². The number of hydrogen-bond acceptors (Lipinski definition) is 2. The van der Waals surface area contributed by atoms with Gasteiger partial charge in [0.15, 0.2) is 0 Å². The predicted octanol–water partition coefficient (Wildman–Crippen LogP) is 3.74. The highest BCUT2D eigenvalue weighted by Gasteiger charge is 2.10. The van der Waals surface area contributed by atoms with Crippen LogP contribution in [0.1, 0.15) is 15.9 Å². The third kappa shape index (κ3) is 4.35. The van der Waals surface area contributed by atoms with Crippen LogP contribution in [-0.2, 0) is 4.79 Å². The maximum Gasteiger partial charge on any atom is 0.250 e. The highest BCUT2D eigenvalue weighted by atomic mass is 35.5. The minimum atomic E-state index is -0.667. The second kappa shape index (κ2) is 7.11. The molecule has 22 heavy (non-hydrogen) atoms. The topological polar surface area (TPSA) is 72.2 Å². The summed E-state index contributed by atoms with van der Waals surface area (Å²) in [7, 11) is 0. The molecule has 0 radical (unpaired) electrons. The molecule has 2 aromatic carbocycles. The van der Waals surface area contributed by atoms with Gasteiger partial charge in [-0.05, 0) is 42.0 Å². The lowest BCUT2D eigenvalue weighted by atomic mass is 10.1. The van der Waals surface area contributed by atoms with Crippen LogP contribution in [0.2, 0.25) is 10.0 Å². The Hall–Kier alpha value is -2.30. The number of rotatable bonds is 4. The van der Waals surface area contributed by atoms with Crippen LogP contribution in [0.5, 0.6) is 0 Å². The standard InChI is InChI=1S/C16H12Cl2N2O2/c17-11-4-1-10(2-5-11)3-8-15(21)20-14-7-6-12(18)9-13(14)16(19)22/h1-9H,(H2,19,22)(H,20,21)/b8-3+. The molecule has 0 aliphatic heterocycles. The highest BCUT2D eigenvalue weighted by molar-refractivity contribution is 6.31. The fourth-order valence-electron chi connectivity index (χ4n) is 1.75. The molecule has 0 saturated heterocycles. The zero-order valence-corrected chi connectivity index (χ0v) is 12.9. The summed E-state index contributed by atoms with van der Waals surface area (Å²) in [5.41, 5.74) is 6.55. The van der Waals surface area contributed by atoms with E-state index >= 15 is 0 Å². The van der Waals surface area contributed by atoms with E-state index in [9.17, 15) is 9.59 Å². The molecule has 112 valence electrons. The first kappa shape index (κ1) is 16.1. The molecule has 6 heteroatoms. The van der Waals surface area contributed by atoms with Gasteiger partial charge in [-0.25, -0.2) is 0 Å². The molecule has 4 nitrogen and oxygen atoms in total. The minimum absolute atomic E-state index is 0.153. The Balaban J connectivity index is 2.12. The van der Waals surface area contributed by atoms with Gasteiger partial charge in [-0.2, -0.15) is 0 Å². The van der Waals surface area contributed by atoms with Crippen LogP contribution in [0.4, 0.5) is 5.69 Å². The van der Waals surface area contributed by atoms with Crippen molar-refractivity contribution in [3.63, 3.8) is 0 Å². The summed E-state index contributed by atoms with van der Waals surface area (Å²) in [6.07, 6.45) is 2.98. The first-order valence-electron chi connectivity index (χ1n) is 6.29. The van der Waals surface area contributed by atoms with E-state index in [2.05, 4.69) is 5.32 Å². The van der Waals surface area contributed by atoms with E-state index in [1.54, 1.807) is 36.4 Å². The normalized spacial score (nSPS) is 10.6. The average Bonchev–Trinajstić information content (AvgIpc) is 2.48. The Morgan fingerprint density at radius 2 is 1.64 bits per heavy atom. The second-order valence-corrected chi connectivity index (χ2v) is 5.30. The van der Waals surface area contributed by atoms with Crippen molar-refractivity contribution in [2.45, 2.75) is 0 Å². The van der Waals surface area contributed by atoms with Gasteiger partial charge in [-0.3, -0.25) is 9.59 Å². The molecule has 0 saturated carbocycles. The number of carbonyl (C=O) groups is 2.